The molecule has 1 saturated carbocycles. The van der Waals surface area contributed by atoms with E-state index >= 15 is 0 Å². The highest BCUT2D eigenvalue weighted by Crippen LogP contribution is 2.39. The molecule has 20 heavy (non-hydrogen) atoms. The quantitative estimate of drug-likeness (QED) is 0.904. The number of aromatic nitrogens is 1. The fourth-order valence-corrected chi connectivity index (χ4v) is 3.52. The predicted octanol–water partition coefficient (Wildman–Crippen LogP) is 3.48. The summed E-state index contributed by atoms with van der Waals surface area (Å²) >= 11 is 6.45. The molecule has 2 aromatic rings. The van der Waals surface area contributed by atoms with E-state index in [4.69, 9.17) is 16.3 Å². The molecular formula is C16H19ClN2O. The standard InChI is InChI=1S/C16H19ClN2O/c17-15-11-3-1-2-4-12(11)19-14(15)9-18-13-7-8-20-16(13)10-5-6-10/h1-4,10,13,16,18-19H,5-9H2. The van der Waals surface area contributed by atoms with Crippen molar-refractivity contribution in [2.24, 2.45) is 5.92 Å². The van der Waals surface area contributed by atoms with Crippen LogP contribution in [0.2, 0.25) is 5.02 Å². The molecule has 106 valence electrons. The minimum Gasteiger partial charge on any atom is -0.376 e. The van der Waals surface area contributed by atoms with Gasteiger partial charge in [-0.2, -0.15) is 0 Å². The van der Waals surface area contributed by atoms with Crippen LogP contribution < -0.4 is 5.32 Å². The number of para-hydroxylation sites is 1. The van der Waals surface area contributed by atoms with Crippen molar-refractivity contribution in [1.82, 2.24) is 10.3 Å². The van der Waals surface area contributed by atoms with Gasteiger partial charge in [0.2, 0.25) is 0 Å². The summed E-state index contributed by atoms with van der Waals surface area (Å²) in [5, 5.41) is 5.58. The summed E-state index contributed by atoms with van der Waals surface area (Å²) in [5.74, 6) is 0.785. The van der Waals surface area contributed by atoms with E-state index in [1.807, 2.05) is 12.1 Å². The zero-order chi connectivity index (χ0) is 13.5. The van der Waals surface area contributed by atoms with Gasteiger partial charge in [-0.25, -0.2) is 0 Å². The zero-order valence-electron chi connectivity index (χ0n) is 11.4. The van der Waals surface area contributed by atoms with Crippen LogP contribution >= 0.6 is 11.6 Å². The topological polar surface area (TPSA) is 37.0 Å². The second kappa shape index (κ2) is 5.06. The van der Waals surface area contributed by atoms with Crippen LogP contribution in [0, 0.1) is 5.92 Å². The van der Waals surface area contributed by atoms with Gasteiger partial charge in [-0.1, -0.05) is 29.8 Å². The summed E-state index contributed by atoms with van der Waals surface area (Å²) in [4.78, 5) is 3.41. The molecule has 0 radical (unpaired) electrons. The molecule has 1 aromatic carbocycles. The number of hydrogen-bond donors (Lipinski definition) is 2. The number of H-pyrrole nitrogens is 1. The molecule has 1 aliphatic carbocycles. The molecule has 2 aliphatic rings. The lowest BCUT2D eigenvalue weighted by Crippen LogP contribution is -2.37. The number of halogens is 1. The largest absolute Gasteiger partial charge is 0.376 e. The van der Waals surface area contributed by atoms with Crippen molar-refractivity contribution in [2.45, 2.75) is 38.0 Å². The second-order valence-corrected chi connectivity index (χ2v) is 6.29. The predicted molar refractivity (Wildman–Crippen MR) is 81.0 cm³/mol. The first kappa shape index (κ1) is 12.7. The van der Waals surface area contributed by atoms with Gasteiger partial charge in [0.15, 0.2) is 0 Å². The van der Waals surface area contributed by atoms with Crippen molar-refractivity contribution in [3.8, 4) is 0 Å². The fourth-order valence-electron chi connectivity index (χ4n) is 3.24. The summed E-state index contributed by atoms with van der Waals surface area (Å²) in [6.45, 7) is 1.67. The summed E-state index contributed by atoms with van der Waals surface area (Å²) < 4.78 is 5.86. The summed E-state index contributed by atoms with van der Waals surface area (Å²) in [6.07, 6.45) is 4.18. The van der Waals surface area contributed by atoms with E-state index < -0.39 is 0 Å². The number of fused-ring (bicyclic) bond motifs is 1. The lowest BCUT2D eigenvalue weighted by molar-refractivity contribution is 0.0808. The average Bonchev–Trinajstić information content (AvgIpc) is 3.13. The molecule has 2 fully saturated rings. The minimum atomic E-state index is 0.415. The molecule has 4 rings (SSSR count). The monoisotopic (exact) mass is 290 g/mol. The van der Waals surface area contributed by atoms with Gasteiger partial charge in [-0.15, -0.1) is 0 Å². The number of benzene rings is 1. The van der Waals surface area contributed by atoms with E-state index in [1.54, 1.807) is 0 Å². The Hall–Kier alpha value is -1.03. The molecule has 0 amide bonds. The van der Waals surface area contributed by atoms with Gasteiger partial charge in [0.25, 0.3) is 0 Å². The Balaban J connectivity index is 1.49. The molecule has 4 heteroatoms. The van der Waals surface area contributed by atoms with Crippen molar-refractivity contribution in [2.75, 3.05) is 6.61 Å². The van der Waals surface area contributed by atoms with E-state index in [1.165, 1.54) is 12.8 Å². The molecule has 1 saturated heterocycles. The van der Waals surface area contributed by atoms with E-state index in [2.05, 4.69) is 22.4 Å². The smallest absolute Gasteiger partial charge is 0.0757 e. The molecule has 1 aromatic heterocycles. The lowest BCUT2D eigenvalue weighted by Gasteiger charge is -2.19. The van der Waals surface area contributed by atoms with Gasteiger partial charge in [-0.3, -0.25) is 0 Å². The fraction of sp³-hybridized carbons (Fsp3) is 0.500. The SMILES string of the molecule is Clc1c(CNC2CCOC2C2CC2)[nH]c2ccccc12. The summed E-state index contributed by atoms with van der Waals surface area (Å²) in [7, 11) is 0. The Morgan fingerprint density at radius 3 is 2.90 bits per heavy atom. The molecule has 1 aliphatic heterocycles. The Labute approximate surface area is 123 Å². The van der Waals surface area contributed by atoms with Gasteiger partial charge in [0.05, 0.1) is 11.1 Å². The van der Waals surface area contributed by atoms with Gasteiger partial charge in [0, 0.05) is 35.8 Å². The molecule has 3 nitrogen and oxygen atoms in total. The maximum absolute atomic E-state index is 6.45. The molecular weight excluding hydrogens is 272 g/mol. The third-order valence-corrected chi connectivity index (χ3v) is 4.91. The molecule has 2 atom stereocenters. The number of ether oxygens (including phenoxy) is 1. The molecule has 0 bridgehead atoms. The Morgan fingerprint density at radius 1 is 1.25 bits per heavy atom. The minimum absolute atomic E-state index is 0.415. The maximum Gasteiger partial charge on any atom is 0.0757 e. The lowest BCUT2D eigenvalue weighted by atomic mass is 10.1. The van der Waals surface area contributed by atoms with Crippen LogP contribution in [0.4, 0.5) is 0 Å². The van der Waals surface area contributed by atoms with Gasteiger partial charge in [-0.05, 0) is 31.2 Å². The molecule has 2 heterocycles. The Bertz CT molecular complexity index is 620. The first-order valence-corrected chi connectivity index (χ1v) is 7.81. The third kappa shape index (κ3) is 2.24. The van der Waals surface area contributed by atoms with E-state index in [-0.39, 0.29) is 0 Å². The van der Waals surface area contributed by atoms with Crippen LogP contribution in [0.3, 0.4) is 0 Å². The van der Waals surface area contributed by atoms with Crippen molar-refractivity contribution < 1.29 is 4.74 Å². The van der Waals surface area contributed by atoms with Crippen LogP contribution in [0.1, 0.15) is 25.0 Å². The van der Waals surface area contributed by atoms with Crippen molar-refractivity contribution in [3.05, 3.63) is 35.0 Å². The van der Waals surface area contributed by atoms with E-state index in [9.17, 15) is 0 Å². The second-order valence-electron chi connectivity index (χ2n) is 5.91. The number of rotatable bonds is 4. The Kier molecular flexibility index (Phi) is 3.21. The number of hydrogen-bond acceptors (Lipinski definition) is 2. The normalized spacial score (nSPS) is 26.4. The van der Waals surface area contributed by atoms with Gasteiger partial charge < -0.3 is 15.0 Å². The van der Waals surface area contributed by atoms with Gasteiger partial charge in [0.1, 0.15) is 0 Å². The van der Waals surface area contributed by atoms with Gasteiger partial charge >= 0.3 is 0 Å². The molecule has 0 spiro atoms. The number of nitrogens with one attached hydrogen (secondary N) is 2. The highest BCUT2D eigenvalue weighted by molar-refractivity contribution is 6.36. The van der Waals surface area contributed by atoms with Crippen LogP contribution in [-0.4, -0.2) is 23.7 Å². The maximum atomic E-state index is 6.45. The Morgan fingerprint density at radius 2 is 2.10 bits per heavy atom. The molecule has 2 unspecified atom stereocenters. The highest BCUT2D eigenvalue weighted by Gasteiger charge is 2.40. The third-order valence-electron chi connectivity index (χ3n) is 4.48. The zero-order valence-corrected chi connectivity index (χ0v) is 12.1. The first-order valence-electron chi connectivity index (χ1n) is 7.43. The van der Waals surface area contributed by atoms with E-state index in [0.717, 1.165) is 47.1 Å². The van der Waals surface area contributed by atoms with Crippen molar-refractivity contribution in [3.63, 3.8) is 0 Å². The molecule has 2 N–H and O–H groups in total. The van der Waals surface area contributed by atoms with E-state index in [0.29, 0.717) is 12.1 Å². The average molecular weight is 291 g/mol. The van der Waals surface area contributed by atoms with Crippen LogP contribution in [0.5, 0.6) is 0 Å². The van der Waals surface area contributed by atoms with Crippen molar-refractivity contribution in [1.29, 1.82) is 0 Å². The van der Waals surface area contributed by atoms with Crippen LogP contribution in [-0.2, 0) is 11.3 Å². The first-order chi connectivity index (χ1) is 9.83. The summed E-state index contributed by atoms with van der Waals surface area (Å²) in [6, 6.07) is 8.65. The number of aromatic amines is 1. The highest BCUT2D eigenvalue weighted by atomic mass is 35.5. The van der Waals surface area contributed by atoms with Crippen LogP contribution in [0.25, 0.3) is 10.9 Å². The van der Waals surface area contributed by atoms with Crippen LogP contribution in [0.15, 0.2) is 24.3 Å². The van der Waals surface area contributed by atoms with Crippen molar-refractivity contribution >= 4 is 22.5 Å². The summed E-state index contributed by atoms with van der Waals surface area (Å²) in [5.41, 5.74) is 2.19.